The third kappa shape index (κ3) is 5.77. The summed E-state index contributed by atoms with van der Waals surface area (Å²) in [5, 5.41) is 11.7. The van der Waals surface area contributed by atoms with Crippen molar-refractivity contribution in [1.82, 2.24) is 4.98 Å². The minimum absolute atomic E-state index is 0.0166. The van der Waals surface area contributed by atoms with Crippen molar-refractivity contribution in [2.75, 3.05) is 18.5 Å². The Bertz CT molecular complexity index is 446. The Hall–Kier alpha value is -1.42. The van der Waals surface area contributed by atoms with Gasteiger partial charge in [0.25, 0.3) is 5.91 Å². The lowest BCUT2D eigenvalue weighted by Crippen LogP contribution is -2.20. The van der Waals surface area contributed by atoms with Crippen LogP contribution in [-0.2, 0) is 9.53 Å². The topological polar surface area (TPSA) is 71.5 Å². The summed E-state index contributed by atoms with van der Waals surface area (Å²) in [5.41, 5.74) is 0. The summed E-state index contributed by atoms with van der Waals surface area (Å²) in [4.78, 5) is 16.2. The second kappa shape index (κ2) is 7.82. The molecule has 1 aromatic heterocycles. The molecule has 1 rings (SSSR count). The SMILES string of the molecule is CC(C)OCC(=O)Nc1ncc(C#CCCO)s1. The molecule has 5 nitrogen and oxygen atoms in total. The molecule has 2 N–H and O–H groups in total. The van der Waals surface area contributed by atoms with Gasteiger partial charge in [0, 0.05) is 6.42 Å². The van der Waals surface area contributed by atoms with Gasteiger partial charge in [-0.2, -0.15) is 0 Å². The normalized spacial score (nSPS) is 10.0. The Morgan fingerprint density at radius 1 is 1.67 bits per heavy atom. The molecule has 1 heterocycles. The van der Waals surface area contributed by atoms with Crippen LogP contribution in [0.25, 0.3) is 0 Å². The van der Waals surface area contributed by atoms with Gasteiger partial charge in [-0.05, 0) is 13.8 Å². The van der Waals surface area contributed by atoms with Gasteiger partial charge in [0.2, 0.25) is 0 Å². The van der Waals surface area contributed by atoms with Crippen LogP contribution >= 0.6 is 11.3 Å². The van der Waals surface area contributed by atoms with E-state index in [0.717, 1.165) is 4.88 Å². The fourth-order valence-corrected chi connectivity index (χ4v) is 1.70. The van der Waals surface area contributed by atoms with Crippen LogP contribution in [0.4, 0.5) is 5.13 Å². The van der Waals surface area contributed by atoms with Crippen LogP contribution in [0.3, 0.4) is 0 Å². The molecule has 0 bridgehead atoms. The number of hydrogen-bond donors (Lipinski definition) is 2. The molecule has 6 heteroatoms. The minimum Gasteiger partial charge on any atom is -0.395 e. The van der Waals surface area contributed by atoms with Gasteiger partial charge in [-0.3, -0.25) is 10.1 Å². The predicted molar refractivity (Wildman–Crippen MR) is 70.4 cm³/mol. The minimum atomic E-state index is -0.229. The first-order chi connectivity index (χ1) is 8.61. The van der Waals surface area contributed by atoms with Crippen LogP contribution in [-0.4, -0.2) is 35.3 Å². The van der Waals surface area contributed by atoms with Gasteiger partial charge in [0.1, 0.15) is 6.61 Å². The number of anilines is 1. The smallest absolute Gasteiger partial charge is 0.252 e. The molecule has 0 aliphatic carbocycles. The fraction of sp³-hybridized carbons (Fsp3) is 0.500. The highest BCUT2D eigenvalue weighted by molar-refractivity contribution is 7.16. The number of rotatable bonds is 5. The van der Waals surface area contributed by atoms with E-state index in [1.165, 1.54) is 11.3 Å². The molecular formula is C12H16N2O3S. The first-order valence-electron chi connectivity index (χ1n) is 5.59. The summed E-state index contributed by atoms with van der Waals surface area (Å²) < 4.78 is 5.17. The average molecular weight is 268 g/mol. The van der Waals surface area contributed by atoms with Crippen molar-refractivity contribution in [3.63, 3.8) is 0 Å². The molecule has 0 aromatic carbocycles. The fourth-order valence-electron chi connectivity index (χ4n) is 0.993. The zero-order chi connectivity index (χ0) is 13.4. The maximum absolute atomic E-state index is 11.4. The van der Waals surface area contributed by atoms with Crippen molar-refractivity contribution in [3.05, 3.63) is 11.1 Å². The first-order valence-corrected chi connectivity index (χ1v) is 6.40. The van der Waals surface area contributed by atoms with Crippen LogP contribution in [0.2, 0.25) is 0 Å². The summed E-state index contributed by atoms with van der Waals surface area (Å²) in [6, 6.07) is 0. The lowest BCUT2D eigenvalue weighted by molar-refractivity contribution is -0.121. The Kier molecular flexibility index (Phi) is 6.36. The monoisotopic (exact) mass is 268 g/mol. The molecule has 18 heavy (non-hydrogen) atoms. The summed E-state index contributed by atoms with van der Waals surface area (Å²) >= 11 is 1.29. The van der Waals surface area contributed by atoms with E-state index >= 15 is 0 Å². The Balaban J connectivity index is 2.44. The molecular weight excluding hydrogens is 252 g/mol. The molecule has 0 fully saturated rings. The number of amides is 1. The van der Waals surface area contributed by atoms with Crippen LogP contribution in [0.1, 0.15) is 25.1 Å². The van der Waals surface area contributed by atoms with Gasteiger partial charge in [-0.1, -0.05) is 23.2 Å². The van der Waals surface area contributed by atoms with Crippen LogP contribution < -0.4 is 5.32 Å². The number of carbonyl (C=O) groups excluding carboxylic acids is 1. The van der Waals surface area contributed by atoms with Gasteiger partial charge in [0.15, 0.2) is 5.13 Å². The number of aromatic nitrogens is 1. The van der Waals surface area contributed by atoms with Crippen molar-refractivity contribution in [2.24, 2.45) is 0 Å². The summed E-state index contributed by atoms with van der Waals surface area (Å²) in [7, 11) is 0. The third-order valence-corrected chi connectivity index (χ3v) is 2.58. The zero-order valence-corrected chi connectivity index (χ0v) is 11.2. The van der Waals surface area contributed by atoms with Crippen LogP contribution in [0, 0.1) is 11.8 Å². The maximum Gasteiger partial charge on any atom is 0.252 e. The summed E-state index contributed by atoms with van der Waals surface area (Å²) in [5.74, 6) is 5.42. The summed E-state index contributed by atoms with van der Waals surface area (Å²) in [6.07, 6.45) is 2.04. The van der Waals surface area contributed by atoms with Crippen molar-refractivity contribution >= 4 is 22.4 Å². The van der Waals surface area contributed by atoms with Crippen molar-refractivity contribution < 1.29 is 14.6 Å². The lowest BCUT2D eigenvalue weighted by Gasteiger charge is -2.06. The molecule has 0 saturated heterocycles. The van der Waals surface area contributed by atoms with Crippen molar-refractivity contribution in [3.8, 4) is 11.8 Å². The van der Waals surface area contributed by atoms with E-state index in [1.54, 1.807) is 6.20 Å². The number of nitrogens with one attached hydrogen (secondary N) is 1. The van der Waals surface area contributed by atoms with E-state index in [1.807, 2.05) is 13.8 Å². The Morgan fingerprint density at radius 3 is 3.11 bits per heavy atom. The highest BCUT2D eigenvalue weighted by Gasteiger charge is 2.06. The molecule has 98 valence electrons. The average Bonchev–Trinajstić information content (AvgIpc) is 2.74. The number of carbonyl (C=O) groups is 1. The van der Waals surface area contributed by atoms with E-state index < -0.39 is 0 Å². The molecule has 1 aromatic rings. The van der Waals surface area contributed by atoms with Crippen molar-refractivity contribution in [1.29, 1.82) is 0 Å². The molecule has 0 spiro atoms. The molecule has 0 saturated carbocycles. The number of hydrogen-bond acceptors (Lipinski definition) is 5. The van der Waals surface area contributed by atoms with Crippen molar-refractivity contribution in [2.45, 2.75) is 26.4 Å². The third-order valence-electron chi connectivity index (χ3n) is 1.75. The molecule has 0 atom stereocenters. The van der Waals surface area contributed by atoms with Gasteiger partial charge in [-0.25, -0.2) is 4.98 Å². The predicted octanol–water partition coefficient (Wildman–Crippen LogP) is 1.24. The Morgan fingerprint density at radius 2 is 2.44 bits per heavy atom. The molecule has 0 aliphatic rings. The van der Waals surface area contributed by atoms with E-state index in [0.29, 0.717) is 11.6 Å². The van der Waals surface area contributed by atoms with Crippen LogP contribution in [0.15, 0.2) is 6.20 Å². The van der Waals surface area contributed by atoms with E-state index in [2.05, 4.69) is 22.1 Å². The number of ether oxygens (including phenoxy) is 1. The number of thiazole rings is 1. The van der Waals surface area contributed by atoms with E-state index in [9.17, 15) is 4.79 Å². The van der Waals surface area contributed by atoms with Gasteiger partial charge < -0.3 is 9.84 Å². The largest absolute Gasteiger partial charge is 0.395 e. The quantitative estimate of drug-likeness (QED) is 0.788. The zero-order valence-electron chi connectivity index (χ0n) is 10.4. The molecule has 0 radical (unpaired) electrons. The maximum atomic E-state index is 11.4. The number of aliphatic hydroxyl groups is 1. The van der Waals surface area contributed by atoms with Gasteiger partial charge in [0.05, 0.1) is 23.8 Å². The van der Waals surface area contributed by atoms with Gasteiger partial charge in [-0.15, -0.1) is 0 Å². The number of aliphatic hydroxyl groups excluding tert-OH is 1. The lowest BCUT2D eigenvalue weighted by atomic mass is 10.4. The highest BCUT2D eigenvalue weighted by atomic mass is 32.1. The second-order valence-electron chi connectivity index (χ2n) is 3.71. The highest BCUT2D eigenvalue weighted by Crippen LogP contribution is 2.16. The molecule has 0 unspecified atom stereocenters. The summed E-state index contributed by atoms with van der Waals surface area (Å²) in [6.45, 7) is 3.79. The first kappa shape index (κ1) is 14.6. The number of nitrogens with zero attached hydrogens (tertiary/aromatic N) is 1. The molecule has 1 amide bonds. The van der Waals surface area contributed by atoms with E-state index in [4.69, 9.17) is 9.84 Å². The molecule has 0 aliphatic heterocycles. The van der Waals surface area contributed by atoms with Gasteiger partial charge >= 0.3 is 0 Å². The standard InChI is InChI=1S/C12H16N2O3S/c1-9(2)17-8-11(16)14-12-13-7-10(18-12)5-3-4-6-15/h7,9,15H,4,6,8H2,1-2H3,(H,13,14,16). The second-order valence-corrected chi connectivity index (χ2v) is 4.74. The Labute approximate surface area is 110 Å². The van der Waals surface area contributed by atoms with Crippen LogP contribution in [0.5, 0.6) is 0 Å². The van der Waals surface area contributed by atoms with E-state index in [-0.39, 0.29) is 25.2 Å².